The molecule has 1 N–H and O–H groups in total. The molecule has 1 atom stereocenters. The molecule has 2 rings (SSSR count). The summed E-state index contributed by atoms with van der Waals surface area (Å²) in [4.78, 5) is 14.3. The molecule has 0 radical (unpaired) electrons. The lowest BCUT2D eigenvalue weighted by molar-refractivity contribution is -0.385. The van der Waals surface area contributed by atoms with Crippen LogP contribution in [0.15, 0.2) is 39.4 Å². The molecule has 0 aliphatic carbocycles. The number of rotatable bonds is 4. The summed E-state index contributed by atoms with van der Waals surface area (Å²) in [6, 6.07) is 6.03. The van der Waals surface area contributed by atoms with Crippen molar-refractivity contribution in [3.8, 4) is 11.5 Å². The quantitative estimate of drug-likeness (QED) is 0.589. The van der Waals surface area contributed by atoms with Crippen LogP contribution in [-0.2, 0) is 0 Å². The summed E-state index contributed by atoms with van der Waals surface area (Å²) in [5.41, 5.74) is 0.479. The summed E-state index contributed by atoms with van der Waals surface area (Å²) in [5, 5.41) is 20.2. The largest absolute Gasteiger partial charge is 0.453 e. The standard InChI is InChI=1S/C13H10Br2N2O4/c1-7(18)12-3-2-9(6-16-12)21-13-10(14)4-8(17(19)20)5-11(13)15/h2-7,18H,1H3. The van der Waals surface area contributed by atoms with Crippen molar-refractivity contribution in [1.29, 1.82) is 0 Å². The van der Waals surface area contributed by atoms with Gasteiger partial charge in [0, 0.05) is 12.1 Å². The Morgan fingerprint density at radius 3 is 2.38 bits per heavy atom. The summed E-state index contributed by atoms with van der Waals surface area (Å²) in [5.74, 6) is 0.863. The molecule has 0 bridgehead atoms. The number of pyridine rings is 1. The van der Waals surface area contributed by atoms with Gasteiger partial charge in [0.25, 0.3) is 5.69 Å². The number of aromatic nitrogens is 1. The second kappa shape index (κ2) is 6.50. The molecule has 2 aromatic rings. The maximum atomic E-state index is 10.8. The fourth-order valence-corrected chi connectivity index (χ4v) is 2.89. The second-order valence-electron chi connectivity index (χ2n) is 4.19. The highest BCUT2D eigenvalue weighted by Gasteiger charge is 2.16. The molecule has 0 spiro atoms. The fraction of sp³-hybridized carbons (Fsp3) is 0.154. The van der Waals surface area contributed by atoms with Gasteiger partial charge in [0.15, 0.2) is 5.75 Å². The Balaban J connectivity index is 2.29. The van der Waals surface area contributed by atoms with E-state index in [4.69, 9.17) is 4.74 Å². The van der Waals surface area contributed by atoms with Gasteiger partial charge in [-0.1, -0.05) is 0 Å². The summed E-state index contributed by atoms with van der Waals surface area (Å²) < 4.78 is 6.54. The van der Waals surface area contributed by atoms with Gasteiger partial charge in [-0.15, -0.1) is 0 Å². The van der Waals surface area contributed by atoms with Gasteiger partial charge >= 0.3 is 0 Å². The molecule has 0 saturated carbocycles. The number of ether oxygens (including phenoxy) is 1. The SMILES string of the molecule is CC(O)c1ccc(Oc2c(Br)cc([N+](=O)[O-])cc2Br)cn1. The minimum atomic E-state index is -0.656. The minimum Gasteiger partial charge on any atom is -0.453 e. The lowest BCUT2D eigenvalue weighted by Gasteiger charge is -2.10. The van der Waals surface area contributed by atoms with Crippen LogP contribution in [0.4, 0.5) is 5.69 Å². The van der Waals surface area contributed by atoms with E-state index in [-0.39, 0.29) is 5.69 Å². The number of nitro groups is 1. The zero-order valence-corrected chi connectivity index (χ0v) is 14.0. The third kappa shape index (κ3) is 3.78. The van der Waals surface area contributed by atoms with E-state index in [0.717, 1.165) is 0 Å². The van der Waals surface area contributed by atoms with E-state index < -0.39 is 11.0 Å². The first-order chi connectivity index (χ1) is 9.88. The number of benzene rings is 1. The van der Waals surface area contributed by atoms with Gasteiger partial charge in [-0.25, -0.2) is 0 Å². The molecule has 1 aromatic carbocycles. The fourth-order valence-electron chi connectivity index (χ4n) is 1.57. The van der Waals surface area contributed by atoms with Crippen molar-refractivity contribution in [2.75, 3.05) is 0 Å². The molecule has 1 heterocycles. The Morgan fingerprint density at radius 1 is 1.33 bits per heavy atom. The monoisotopic (exact) mass is 416 g/mol. The maximum absolute atomic E-state index is 10.8. The predicted octanol–water partition coefficient (Wildman–Crippen LogP) is 4.36. The van der Waals surface area contributed by atoms with Crippen molar-refractivity contribution >= 4 is 37.5 Å². The maximum Gasteiger partial charge on any atom is 0.271 e. The molecule has 0 amide bonds. The highest BCUT2D eigenvalue weighted by molar-refractivity contribution is 9.11. The number of aliphatic hydroxyl groups is 1. The molecular formula is C13H10Br2N2O4. The van der Waals surface area contributed by atoms with Gasteiger partial charge < -0.3 is 9.84 Å². The van der Waals surface area contributed by atoms with E-state index in [1.807, 2.05) is 0 Å². The van der Waals surface area contributed by atoms with Crippen LogP contribution in [0, 0.1) is 10.1 Å². The van der Waals surface area contributed by atoms with Crippen molar-refractivity contribution in [2.24, 2.45) is 0 Å². The first kappa shape index (κ1) is 15.9. The van der Waals surface area contributed by atoms with Crippen molar-refractivity contribution in [2.45, 2.75) is 13.0 Å². The molecule has 0 fully saturated rings. The Kier molecular flexibility index (Phi) is 4.92. The average molecular weight is 418 g/mol. The van der Waals surface area contributed by atoms with Crippen LogP contribution in [0.5, 0.6) is 11.5 Å². The molecule has 21 heavy (non-hydrogen) atoms. The number of hydrogen-bond acceptors (Lipinski definition) is 5. The summed E-state index contributed by atoms with van der Waals surface area (Å²) in [6.45, 7) is 1.62. The first-order valence-electron chi connectivity index (χ1n) is 5.84. The van der Waals surface area contributed by atoms with Crippen molar-refractivity contribution in [3.05, 3.63) is 55.2 Å². The summed E-state index contributed by atoms with van der Waals surface area (Å²) in [6.07, 6.45) is 0.819. The highest BCUT2D eigenvalue weighted by atomic mass is 79.9. The number of hydrogen-bond donors (Lipinski definition) is 1. The number of halogens is 2. The molecular weight excluding hydrogens is 408 g/mol. The van der Waals surface area contributed by atoms with E-state index in [1.54, 1.807) is 19.1 Å². The number of nitro benzene ring substituents is 1. The molecule has 6 nitrogen and oxygen atoms in total. The molecule has 1 aromatic heterocycles. The zero-order valence-electron chi connectivity index (χ0n) is 10.8. The number of non-ortho nitro benzene ring substituents is 1. The Bertz CT molecular complexity index is 651. The third-order valence-corrected chi connectivity index (χ3v) is 3.78. The molecule has 0 aliphatic heterocycles. The summed E-state index contributed by atoms with van der Waals surface area (Å²) >= 11 is 6.48. The zero-order chi connectivity index (χ0) is 15.6. The third-order valence-electron chi connectivity index (χ3n) is 2.60. The van der Waals surface area contributed by atoms with Crippen molar-refractivity contribution in [1.82, 2.24) is 4.98 Å². The van der Waals surface area contributed by atoms with Gasteiger partial charge in [0.05, 0.1) is 31.9 Å². The molecule has 110 valence electrons. The summed E-state index contributed by atoms with van der Waals surface area (Å²) in [7, 11) is 0. The number of aliphatic hydroxyl groups excluding tert-OH is 1. The smallest absolute Gasteiger partial charge is 0.271 e. The van der Waals surface area contributed by atoms with Crippen LogP contribution in [-0.4, -0.2) is 15.0 Å². The number of nitrogens with zero attached hydrogens (tertiary/aromatic N) is 2. The van der Waals surface area contributed by atoms with Gasteiger partial charge in [-0.3, -0.25) is 15.1 Å². The average Bonchev–Trinajstić information content (AvgIpc) is 2.43. The van der Waals surface area contributed by atoms with E-state index in [2.05, 4.69) is 36.8 Å². The molecule has 0 saturated heterocycles. The van der Waals surface area contributed by atoms with E-state index in [1.165, 1.54) is 18.3 Å². The van der Waals surface area contributed by atoms with Gasteiger partial charge in [-0.05, 0) is 50.9 Å². The lowest BCUT2D eigenvalue weighted by Crippen LogP contribution is -1.96. The first-order valence-corrected chi connectivity index (χ1v) is 7.42. The second-order valence-corrected chi connectivity index (χ2v) is 5.90. The molecule has 8 heteroatoms. The Morgan fingerprint density at radius 2 is 1.95 bits per heavy atom. The predicted molar refractivity (Wildman–Crippen MR) is 83.4 cm³/mol. The van der Waals surface area contributed by atoms with Crippen LogP contribution in [0.1, 0.15) is 18.7 Å². The lowest BCUT2D eigenvalue weighted by atomic mass is 10.2. The molecule has 0 aliphatic rings. The van der Waals surface area contributed by atoms with E-state index in [9.17, 15) is 15.2 Å². The minimum absolute atomic E-state index is 0.0521. The topological polar surface area (TPSA) is 85.5 Å². The van der Waals surface area contributed by atoms with E-state index in [0.29, 0.717) is 26.1 Å². The van der Waals surface area contributed by atoms with Crippen molar-refractivity contribution < 1.29 is 14.8 Å². The highest BCUT2D eigenvalue weighted by Crippen LogP contribution is 2.39. The van der Waals surface area contributed by atoms with Gasteiger partial charge in [0.1, 0.15) is 5.75 Å². The van der Waals surface area contributed by atoms with Crippen LogP contribution in [0.25, 0.3) is 0 Å². The molecule has 1 unspecified atom stereocenters. The van der Waals surface area contributed by atoms with E-state index >= 15 is 0 Å². The van der Waals surface area contributed by atoms with Gasteiger partial charge in [0.2, 0.25) is 0 Å². The van der Waals surface area contributed by atoms with Gasteiger partial charge in [-0.2, -0.15) is 0 Å². The van der Waals surface area contributed by atoms with Crippen LogP contribution >= 0.6 is 31.9 Å². The Labute approximate surface area is 137 Å². The normalized spacial score (nSPS) is 12.0. The van der Waals surface area contributed by atoms with Crippen molar-refractivity contribution in [3.63, 3.8) is 0 Å². The van der Waals surface area contributed by atoms with Crippen LogP contribution in [0.3, 0.4) is 0 Å². The van der Waals surface area contributed by atoms with Crippen LogP contribution in [0.2, 0.25) is 0 Å². The Hall–Kier alpha value is -1.51. The van der Waals surface area contributed by atoms with Crippen LogP contribution < -0.4 is 4.74 Å².